The van der Waals surface area contributed by atoms with Crippen LogP contribution in [0.3, 0.4) is 0 Å². The molecule has 0 unspecified atom stereocenters. The fourth-order valence-electron chi connectivity index (χ4n) is 2.91. The molecule has 1 aliphatic rings. The molecule has 0 radical (unpaired) electrons. The third-order valence-electron chi connectivity index (χ3n) is 4.53. The van der Waals surface area contributed by atoms with Crippen molar-refractivity contribution in [2.75, 3.05) is 0 Å². The number of aromatic nitrogens is 2. The maximum absolute atomic E-state index is 12.7. The summed E-state index contributed by atoms with van der Waals surface area (Å²) in [7, 11) is 1.49. The Morgan fingerprint density at radius 1 is 1.28 bits per heavy atom. The molecule has 0 amide bonds. The van der Waals surface area contributed by atoms with Gasteiger partial charge in [-0.25, -0.2) is 4.68 Å². The van der Waals surface area contributed by atoms with Crippen molar-refractivity contribution in [1.29, 1.82) is 5.26 Å². The molecule has 1 aliphatic carbocycles. The molecule has 3 rings (SSSR count). The fraction of sp³-hybridized carbons (Fsp3) is 0.333. The van der Waals surface area contributed by atoms with Crippen molar-refractivity contribution in [3.63, 3.8) is 0 Å². The van der Waals surface area contributed by atoms with Gasteiger partial charge < -0.3 is 9.84 Å². The van der Waals surface area contributed by atoms with Crippen LogP contribution in [0.4, 0.5) is 0 Å². The number of aryl methyl sites for hydroxylation is 1. The van der Waals surface area contributed by atoms with Gasteiger partial charge in [0.25, 0.3) is 5.56 Å². The minimum atomic E-state index is -1.14. The largest absolute Gasteiger partial charge is 0.466 e. The van der Waals surface area contributed by atoms with Gasteiger partial charge in [-0.15, -0.1) is 5.10 Å². The zero-order valence-corrected chi connectivity index (χ0v) is 14.1. The maximum atomic E-state index is 12.7. The van der Waals surface area contributed by atoms with Crippen LogP contribution < -0.4 is 10.3 Å². The van der Waals surface area contributed by atoms with Crippen LogP contribution in [0, 0.1) is 16.7 Å². The Bertz CT molecular complexity index is 956. The van der Waals surface area contributed by atoms with Crippen LogP contribution >= 0.6 is 0 Å². The number of ketones is 1. The molecule has 2 atom stereocenters. The van der Waals surface area contributed by atoms with Gasteiger partial charge in [0, 0.05) is 30.3 Å². The monoisotopic (exact) mass is 339 g/mol. The number of Topliss-reactive ketones (excluding diaryl/α,β-unsaturated/α-hetero) is 1. The first-order valence-electron chi connectivity index (χ1n) is 7.73. The van der Waals surface area contributed by atoms with Gasteiger partial charge in [-0.1, -0.05) is 0 Å². The highest BCUT2D eigenvalue weighted by atomic mass is 16.5. The molecule has 25 heavy (non-hydrogen) atoms. The number of carbonyl (C=O) groups is 1. The van der Waals surface area contributed by atoms with Crippen molar-refractivity contribution in [3.05, 3.63) is 57.4 Å². The molecular weight excluding hydrogens is 322 g/mol. The molecular formula is C18H17N3O4. The number of aliphatic hydroxyl groups excluding tert-OH is 1. The van der Waals surface area contributed by atoms with Crippen LogP contribution in [0.1, 0.15) is 41.4 Å². The van der Waals surface area contributed by atoms with E-state index in [1.54, 1.807) is 32.0 Å². The summed E-state index contributed by atoms with van der Waals surface area (Å²) in [5, 5.41) is 23.9. The number of hydrogen-bond donors (Lipinski definition) is 1. The Hall–Kier alpha value is -2.98. The predicted octanol–water partition coefficient (Wildman–Crippen LogP) is 1.36. The van der Waals surface area contributed by atoms with Crippen LogP contribution in [0.25, 0.3) is 0 Å². The Morgan fingerprint density at radius 3 is 2.64 bits per heavy atom. The molecule has 2 aromatic rings. The van der Waals surface area contributed by atoms with Crippen molar-refractivity contribution in [3.8, 4) is 11.9 Å². The molecule has 0 saturated carbocycles. The average Bonchev–Trinajstić information content (AvgIpc) is 2.59. The van der Waals surface area contributed by atoms with E-state index in [1.165, 1.54) is 19.2 Å². The number of benzene rings is 1. The van der Waals surface area contributed by atoms with Crippen LogP contribution in [0.5, 0.6) is 5.88 Å². The second-order valence-corrected chi connectivity index (χ2v) is 6.58. The van der Waals surface area contributed by atoms with E-state index < -0.39 is 17.6 Å². The molecule has 7 nitrogen and oxygen atoms in total. The summed E-state index contributed by atoms with van der Waals surface area (Å²) in [5.74, 6) is -0.0719. The summed E-state index contributed by atoms with van der Waals surface area (Å²) in [5.41, 5.74) is -0.151. The SMILES string of the molecule is Cn1nc(O[C@@H]2c3cc(C#N)ccc3C(=O)C(C)(C)[C@H]2O)ccc1=O. The first kappa shape index (κ1) is 16.9. The summed E-state index contributed by atoms with van der Waals surface area (Å²) in [6.45, 7) is 3.29. The van der Waals surface area contributed by atoms with Crippen LogP contribution in [-0.2, 0) is 7.05 Å². The average molecular weight is 339 g/mol. The summed E-state index contributed by atoms with van der Waals surface area (Å²) < 4.78 is 6.95. The normalized spacial score (nSPS) is 21.3. The van der Waals surface area contributed by atoms with Crippen LogP contribution in [0.15, 0.2) is 35.1 Å². The van der Waals surface area contributed by atoms with Gasteiger partial charge in [0.2, 0.25) is 5.88 Å². The lowest BCUT2D eigenvalue weighted by atomic mass is 9.69. The molecule has 0 aliphatic heterocycles. The lowest BCUT2D eigenvalue weighted by molar-refractivity contribution is -0.0384. The van der Waals surface area contributed by atoms with E-state index in [0.29, 0.717) is 16.7 Å². The first-order chi connectivity index (χ1) is 11.8. The van der Waals surface area contributed by atoms with E-state index in [9.17, 15) is 14.7 Å². The Kier molecular flexibility index (Phi) is 3.93. The number of nitriles is 1. The number of fused-ring (bicyclic) bond motifs is 1. The third kappa shape index (κ3) is 2.71. The second kappa shape index (κ2) is 5.83. The quantitative estimate of drug-likeness (QED) is 0.885. The van der Waals surface area contributed by atoms with Gasteiger partial charge in [-0.05, 0) is 32.0 Å². The molecule has 0 bridgehead atoms. The summed E-state index contributed by atoms with van der Waals surface area (Å²) >= 11 is 0. The van der Waals surface area contributed by atoms with E-state index in [0.717, 1.165) is 4.68 Å². The molecule has 128 valence electrons. The van der Waals surface area contributed by atoms with Gasteiger partial charge in [0.15, 0.2) is 11.9 Å². The van der Waals surface area contributed by atoms with Crippen molar-refractivity contribution >= 4 is 5.78 Å². The number of nitrogens with zero attached hydrogens (tertiary/aromatic N) is 3. The van der Waals surface area contributed by atoms with E-state index in [-0.39, 0.29) is 17.2 Å². The smallest absolute Gasteiger partial charge is 0.266 e. The highest BCUT2D eigenvalue weighted by Gasteiger charge is 2.48. The molecule has 1 heterocycles. The lowest BCUT2D eigenvalue weighted by Gasteiger charge is -2.40. The molecule has 1 aromatic heterocycles. The molecule has 7 heteroatoms. The topological polar surface area (TPSA) is 105 Å². The van der Waals surface area contributed by atoms with E-state index in [2.05, 4.69) is 5.10 Å². The molecule has 0 saturated heterocycles. The Balaban J connectivity index is 2.12. The first-order valence-corrected chi connectivity index (χ1v) is 7.73. The maximum Gasteiger partial charge on any atom is 0.266 e. The van der Waals surface area contributed by atoms with Gasteiger partial charge in [-0.2, -0.15) is 5.26 Å². The predicted molar refractivity (Wildman–Crippen MR) is 88.1 cm³/mol. The molecule has 0 spiro atoms. The highest BCUT2D eigenvalue weighted by Crippen LogP contribution is 2.43. The minimum Gasteiger partial charge on any atom is -0.466 e. The number of hydrogen-bond acceptors (Lipinski definition) is 6. The van der Waals surface area contributed by atoms with Gasteiger partial charge in [0.05, 0.1) is 17.0 Å². The molecule has 0 fully saturated rings. The number of ether oxygens (including phenoxy) is 1. The van der Waals surface area contributed by atoms with Crippen molar-refractivity contribution < 1.29 is 14.6 Å². The van der Waals surface area contributed by atoms with Crippen molar-refractivity contribution in [2.45, 2.75) is 26.1 Å². The van der Waals surface area contributed by atoms with E-state index >= 15 is 0 Å². The van der Waals surface area contributed by atoms with Crippen molar-refractivity contribution in [1.82, 2.24) is 9.78 Å². The zero-order valence-electron chi connectivity index (χ0n) is 14.1. The zero-order chi connectivity index (χ0) is 18.4. The summed E-state index contributed by atoms with van der Waals surface area (Å²) in [4.78, 5) is 24.2. The van der Waals surface area contributed by atoms with Crippen LogP contribution in [-0.4, -0.2) is 26.8 Å². The second-order valence-electron chi connectivity index (χ2n) is 6.58. The number of aliphatic hydroxyl groups is 1. The van der Waals surface area contributed by atoms with Gasteiger partial charge >= 0.3 is 0 Å². The van der Waals surface area contributed by atoms with Gasteiger partial charge in [0.1, 0.15) is 6.10 Å². The molecule has 1 N–H and O–H groups in total. The fourth-order valence-corrected chi connectivity index (χ4v) is 2.91. The highest BCUT2D eigenvalue weighted by molar-refractivity contribution is 6.03. The summed E-state index contributed by atoms with van der Waals surface area (Å²) in [6.07, 6.45) is -2.03. The minimum absolute atomic E-state index is 0.143. The van der Waals surface area contributed by atoms with E-state index in [1.807, 2.05) is 6.07 Å². The number of rotatable bonds is 2. The Morgan fingerprint density at radius 2 is 2.00 bits per heavy atom. The summed E-state index contributed by atoms with van der Waals surface area (Å²) in [6, 6.07) is 9.41. The standard InChI is InChI=1S/C18H17N3O4/c1-18(2)16(23)11-5-4-10(9-19)8-12(11)15(17(18)24)25-13-6-7-14(22)21(3)20-13/h4-8,15,17,24H,1-3H3/t15-,17+/m1/s1. The van der Waals surface area contributed by atoms with E-state index in [4.69, 9.17) is 10.00 Å². The molecule has 1 aromatic carbocycles. The van der Waals surface area contributed by atoms with Crippen molar-refractivity contribution in [2.24, 2.45) is 12.5 Å². The lowest BCUT2D eigenvalue weighted by Crippen LogP contribution is -2.47. The van der Waals surface area contributed by atoms with Crippen LogP contribution in [0.2, 0.25) is 0 Å². The van der Waals surface area contributed by atoms with Gasteiger partial charge in [-0.3, -0.25) is 9.59 Å². The third-order valence-corrected chi connectivity index (χ3v) is 4.53. The Labute approximate surface area is 144 Å². The number of carbonyl (C=O) groups excluding carboxylic acids is 1.